The number of nitrogens with one attached hydrogen (secondary N) is 2. The minimum atomic E-state index is 0.754. The summed E-state index contributed by atoms with van der Waals surface area (Å²) in [6.45, 7) is 7.15. The van der Waals surface area contributed by atoms with Gasteiger partial charge in [-0.25, -0.2) is 9.97 Å². The van der Waals surface area contributed by atoms with E-state index in [-0.39, 0.29) is 0 Å². The number of aromatic nitrogens is 2. The van der Waals surface area contributed by atoms with Gasteiger partial charge in [0.25, 0.3) is 0 Å². The molecule has 4 nitrogen and oxygen atoms in total. The average Bonchev–Trinajstić information content (AvgIpc) is 2.45. The quantitative estimate of drug-likeness (QED) is 0.708. The highest BCUT2D eigenvalue weighted by atomic mass is 79.9. The first kappa shape index (κ1) is 16.2. The van der Waals surface area contributed by atoms with Crippen LogP contribution in [0.15, 0.2) is 27.4 Å². The Balaban J connectivity index is 2.27. The van der Waals surface area contributed by atoms with Crippen LogP contribution in [0.5, 0.6) is 0 Å². The predicted octanol–water partition coefficient (Wildman–Crippen LogP) is 5.18. The zero-order valence-corrected chi connectivity index (χ0v) is 15.5. The summed E-state index contributed by atoms with van der Waals surface area (Å²) in [5, 5.41) is 6.61. The van der Waals surface area contributed by atoms with Crippen molar-refractivity contribution in [3.05, 3.63) is 38.5 Å². The fourth-order valence-corrected chi connectivity index (χ4v) is 2.65. The third-order valence-electron chi connectivity index (χ3n) is 3.03. The van der Waals surface area contributed by atoms with E-state index in [2.05, 4.69) is 85.4 Å². The van der Waals surface area contributed by atoms with Gasteiger partial charge in [0, 0.05) is 16.7 Å². The molecule has 0 saturated carbocycles. The van der Waals surface area contributed by atoms with E-state index in [1.807, 2.05) is 0 Å². The van der Waals surface area contributed by atoms with Crippen LogP contribution in [0.25, 0.3) is 0 Å². The van der Waals surface area contributed by atoms with Crippen LogP contribution in [0, 0.1) is 13.8 Å². The van der Waals surface area contributed by atoms with E-state index in [4.69, 9.17) is 0 Å². The first-order valence-corrected chi connectivity index (χ1v) is 8.39. The maximum atomic E-state index is 4.30. The van der Waals surface area contributed by atoms with Crippen LogP contribution < -0.4 is 10.6 Å². The zero-order valence-electron chi connectivity index (χ0n) is 12.3. The molecule has 0 saturated heterocycles. The molecule has 1 aromatic heterocycles. The number of aryl methyl sites for hydroxylation is 2. The highest BCUT2D eigenvalue weighted by Gasteiger charge is 2.09. The molecule has 0 amide bonds. The molecule has 0 aliphatic carbocycles. The Hall–Kier alpha value is -1.14. The molecular weight excluding hydrogens is 396 g/mol. The third kappa shape index (κ3) is 3.95. The molecule has 0 atom stereocenters. The van der Waals surface area contributed by atoms with Gasteiger partial charge in [-0.3, -0.25) is 0 Å². The standard InChI is InChI=1S/C15H18Br2N4/c1-4-5-18-14-13(17)15(20-8-19-14)21-11-6-9(2)12(16)10(3)7-11/h6-8H,4-5H2,1-3H3,(H2,18,19,20,21). The van der Waals surface area contributed by atoms with E-state index in [1.54, 1.807) is 6.33 Å². The van der Waals surface area contributed by atoms with Crippen molar-refractivity contribution in [2.75, 3.05) is 17.2 Å². The van der Waals surface area contributed by atoms with Crippen molar-refractivity contribution in [1.29, 1.82) is 0 Å². The van der Waals surface area contributed by atoms with Crippen LogP contribution in [0.2, 0.25) is 0 Å². The van der Waals surface area contributed by atoms with Gasteiger partial charge in [-0.1, -0.05) is 22.9 Å². The molecule has 0 aliphatic heterocycles. The number of rotatable bonds is 5. The average molecular weight is 414 g/mol. The summed E-state index contributed by atoms with van der Waals surface area (Å²) in [7, 11) is 0. The predicted molar refractivity (Wildman–Crippen MR) is 95.4 cm³/mol. The lowest BCUT2D eigenvalue weighted by atomic mass is 10.1. The van der Waals surface area contributed by atoms with Crippen LogP contribution in [0.1, 0.15) is 24.5 Å². The lowest BCUT2D eigenvalue weighted by molar-refractivity contribution is 0.962. The van der Waals surface area contributed by atoms with Gasteiger partial charge in [-0.05, 0) is 59.5 Å². The molecule has 112 valence electrons. The van der Waals surface area contributed by atoms with E-state index >= 15 is 0 Å². The van der Waals surface area contributed by atoms with Gasteiger partial charge in [0.05, 0.1) is 0 Å². The molecule has 21 heavy (non-hydrogen) atoms. The van der Waals surface area contributed by atoms with Gasteiger partial charge in [0.15, 0.2) is 0 Å². The Morgan fingerprint density at radius 3 is 2.24 bits per heavy atom. The van der Waals surface area contributed by atoms with Crippen LogP contribution in [-0.4, -0.2) is 16.5 Å². The fourth-order valence-electron chi connectivity index (χ4n) is 1.98. The van der Waals surface area contributed by atoms with Gasteiger partial charge in [0.2, 0.25) is 0 Å². The Kier molecular flexibility index (Phi) is 5.58. The number of benzene rings is 1. The minimum Gasteiger partial charge on any atom is -0.369 e. The Labute approximate surface area is 142 Å². The van der Waals surface area contributed by atoms with E-state index < -0.39 is 0 Å². The number of hydrogen-bond donors (Lipinski definition) is 2. The summed E-state index contributed by atoms with van der Waals surface area (Å²) in [5.74, 6) is 1.56. The molecule has 6 heteroatoms. The van der Waals surface area contributed by atoms with Crippen molar-refractivity contribution in [2.45, 2.75) is 27.2 Å². The fraction of sp³-hybridized carbons (Fsp3) is 0.333. The maximum absolute atomic E-state index is 4.30. The Morgan fingerprint density at radius 1 is 1.00 bits per heavy atom. The molecule has 1 heterocycles. The van der Waals surface area contributed by atoms with Crippen molar-refractivity contribution in [1.82, 2.24) is 9.97 Å². The van der Waals surface area contributed by atoms with Crippen LogP contribution in [0.3, 0.4) is 0 Å². The monoisotopic (exact) mass is 412 g/mol. The summed E-state index contributed by atoms with van der Waals surface area (Å²) < 4.78 is 1.98. The van der Waals surface area contributed by atoms with Gasteiger partial charge >= 0.3 is 0 Å². The normalized spacial score (nSPS) is 10.5. The summed E-state index contributed by atoms with van der Waals surface area (Å²) in [6.07, 6.45) is 2.61. The van der Waals surface area contributed by atoms with Crippen molar-refractivity contribution >= 4 is 49.2 Å². The topological polar surface area (TPSA) is 49.8 Å². The first-order valence-electron chi connectivity index (χ1n) is 6.81. The second-order valence-electron chi connectivity index (χ2n) is 4.86. The lowest BCUT2D eigenvalue weighted by Crippen LogP contribution is -2.05. The Bertz CT molecular complexity index is 621. The molecule has 2 N–H and O–H groups in total. The SMILES string of the molecule is CCCNc1ncnc(Nc2cc(C)c(Br)c(C)c2)c1Br. The molecule has 1 aromatic carbocycles. The molecule has 0 fully saturated rings. The summed E-state index contributed by atoms with van der Waals surface area (Å²) in [5.41, 5.74) is 3.38. The van der Waals surface area contributed by atoms with Gasteiger partial charge in [-0.15, -0.1) is 0 Å². The van der Waals surface area contributed by atoms with Crippen LogP contribution >= 0.6 is 31.9 Å². The molecule has 0 spiro atoms. The van der Waals surface area contributed by atoms with E-state index in [0.29, 0.717) is 0 Å². The molecule has 0 unspecified atom stereocenters. The lowest BCUT2D eigenvalue weighted by Gasteiger charge is -2.13. The molecule has 0 bridgehead atoms. The van der Waals surface area contributed by atoms with Crippen molar-refractivity contribution < 1.29 is 0 Å². The third-order valence-corrected chi connectivity index (χ3v) is 5.03. The van der Waals surface area contributed by atoms with Gasteiger partial charge in [-0.2, -0.15) is 0 Å². The molecule has 0 radical (unpaired) electrons. The second kappa shape index (κ2) is 7.22. The van der Waals surface area contributed by atoms with E-state index in [9.17, 15) is 0 Å². The number of nitrogens with zero attached hydrogens (tertiary/aromatic N) is 2. The van der Waals surface area contributed by atoms with E-state index in [1.165, 1.54) is 11.1 Å². The van der Waals surface area contributed by atoms with E-state index in [0.717, 1.165) is 39.2 Å². The molecule has 2 aromatic rings. The number of hydrogen-bond acceptors (Lipinski definition) is 4. The van der Waals surface area contributed by atoms with Crippen molar-refractivity contribution in [3.8, 4) is 0 Å². The maximum Gasteiger partial charge on any atom is 0.150 e. The van der Waals surface area contributed by atoms with Gasteiger partial charge in [0.1, 0.15) is 22.4 Å². The highest BCUT2D eigenvalue weighted by molar-refractivity contribution is 9.11. The largest absolute Gasteiger partial charge is 0.369 e. The summed E-state index contributed by atoms with van der Waals surface area (Å²) in [6, 6.07) is 4.18. The zero-order chi connectivity index (χ0) is 15.4. The van der Waals surface area contributed by atoms with Gasteiger partial charge < -0.3 is 10.6 Å². The highest BCUT2D eigenvalue weighted by Crippen LogP contribution is 2.31. The summed E-state index contributed by atoms with van der Waals surface area (Å²) in [4.78, 5) is 8.55. The minimum absolute atomic E-state index is 0.754. The Morgan fingerprint density at radius 2 is 1.62 bits per heavy atom. The molecular formula is C15H18Br2N4. The summed E-state index contributed by atoms with van der Waals surface area (Å²) >= 11 is 7.14. The second-order valence-corrected chi connectivity index (χ2v) is 6.45. The molecule has 2 rings (SSSR count). The number of anilines is 3. The van der Waals surface area contributed by atoms with Crippen molar-refractivity contribution in [3.63, 3.8) is 0 Å². The number of halogens is 2. The smallest absolute Gasteiger partial charge is 0.150 e. The van der Waals surface area contributed by atoms with Crippen molar-refractivity contribution in [2.24, 2.45) is 0 Å². The van der Waals surface area contributed by atoms with Crippen LogP contribution in [0.4, 0.5) is 17.3 Å². The molecule has 0 aliphatic rings. The van der Waals surface area contributed by atoms with Crippen LogP contribution in [-0.2, 0) is 0 Å². The first-order chi connectivity index (χ1) is 10.0.